The van der Waals surface area contributed by atoms with Crippen molar-refractivity contribution in [2.24, 2.45) is 0 Å². The van der Waals surface area contributed by atoms with Crippen LogP contribution < -0.4 is 0 Å². The van der Waals surface area contributed by atoms with Gasteiger partial charge in [0.1, 0.15) is 0 Å². The van der Waals surface area contributed by atoms with E-state index in [2.05, 4.69) is 0 Å². The van der Waals surface area contributed by atoms with Gasteiger partial charge in [0.25, 0.3) is 0 Å². The Morgan fingerprint density at radius 3 is 2.88 bits per heavy atom. The maximum atomic E-state index is 10.7. The van der Waals surface area contributed by atoms with E-state index in [4.69, 9.17) is 0 Å². The Bertz CT molecular complexity index is 128. The Kier molecular flexibility index (Phi) is 1.33. The lowest BCUT2D eigenvalue weighted by molar-refractivity contribution is -0.127. The van der Waals surface area contributed by atoms with Crippen LogP contribution in [-0.2, 0) is 4.79 Å². The number of hydrogen-bond donors (Lipinski definition) is 0. The van der Waals surface area contributed by atoms with Gasteiger partial charge in [0.15, 0.2) is 0 Å². The van der Waals surface area contributed by atoms with Gasteiger partial charge >= 0.3 is 0 Å². The highest BCUT2D eigenvalue weighted by molar-refractivity contribution is 5.77. The highest BCUT2D eigenvalue weighted by atomic mass is 16.2. The summed E-state index contributed by atoms with van der Waals surface area (Å²) in [6, 6.07) is 0. The van der Waals surface area contributed by atoms with E-state index in [1.54, 1.807) is 11.9 Å². The highest BCUT2D eigenvalue weighted by Crippen LogP contribution is 2.03. The van der Waals surface area contributed by atoms with Crippen LogP contribution in [0.25, 0.3) is 0 Å². The van der Waals surface area contributed by atoms with Gasteiger partial charge in [-0.2, -0.15) is 0 Å². The van der Waals surface area contributed by atoms with Gasteiger partial charge in [0.2, 0.25) is 5.91 Å². The van der Waals surface area contributed by atoms with Crippen molar-refractivity contribution in [3.63, 3.8) is 0 Å². The van der Waals surface area contributed by atoms with E-state index in [9.17, 15) is 4.79 Å². The molecule has 0 spiro atoms. The summed E-state index contributed by atoms with van der Waals surface area (Å²) in [6.45, 7) is 0. The van der Waals surface area contributed by atoms with Crippen molar-refractivity contribution in [2.75, 3.05) is 7.05 Å². The predicted octanol–water partition coefficient (Wildman–Crippen LogP) is 0.752. The number of carbonyl (C=O) groups excluding carboxylic acids is 1. The van der Waals surface area contributed by atoms with E-state index in [-0.39, 0.29) is 5.91 Å². The first-order valence-corrected chi connectivity index (χ1v) is 2.73. The van der Waals surface area contributed by atoms with Gasteiger partial charge in [-0.3, -0.25) is 4.79 Å². The molecule has 0 bridgehead atoms. The molecule has 44 valence electrons. The number of allylic oxidation sites excluding steroid dienone is 1. The molecule has 0 radical (unpaired) electrons. The maximum absolute atomic E-state index is 10.7. The largest absolute Gasteiger partial charge is 0.322 e. The molecule has 2 heteroatoms. The van der Waals surface area contributed by atoms with Crippen LogP contribution in [0.3, 0.4) is 0 Å². The van der Waals surface area contributed by atoms with Crippen molar-refractivity contribution < 1.29 is 4.79 Å². The molecule has 0 atom stereocenters. The summed E-state index contributed by atoms with van der Waals surface area (Å²) in [7, 11) is 1.78. The molecule has 0 N–H and O–H groups in total. The van der Waals surface area contributed by atoms with Crippen LogP contribution in [-0.4, -0.2) is 17.9 Å². The third-order valence-corrected chi connectivity index (χ3v) is 1.25. The molecule has 0 aromatic carbocycles. The van der Waals surface area contributed by atoms with Crippen molar-refractivity contribution in [1.29, 1.82) is 0 Å². The summed E-state index contributed by atoms with van der Waals surface area (Å²) in [4.78, 5) is 12.3. The van der Waals surface area contributed by atoms with E-state index in [1.165, 1.54) is 0 Å². The molecular formula is C6H9NO. The first-order valence-electron chi connectivity index (χ1n) is 2.73. The molecule has 0 saturated carbocycles. The van der Waals surface area contributed by atoms with Crippen molar-refractivity contribution in [3.8, 4) is 0 Å². The molecule has 1 aliphatic heterocycles. The van der Waals surface area contributed by atoms with Crippen LogP contribution in [0.2, 0.25) is 0 Å². The SMILES string of the molecule is CN1C=CCCC1=O. The summed E-state index contributed by atoms with van der Waals surface area (Å²) in [6.07, 6.45) is 5.39. The summed E-state index contributed by atoms with van der Waals surface area (Å²) >= 11 is 0. The summed E-state index contributed by atoms with van der Waals surface area (Å²) in [5.74, 6) is 0.215. The summed E-state index contributed by atoms with van der Waals surface area (Å²) in [5.41, 5.74) is 0. The number of nitrogens with zero attached hydrogens (tertiary/aromatic N) is 1. The van der Waals surface area contributed by atoms with E-state index in [0.717, 1.165) is 6.42 Å². The fourth-order valence-electron chi connectivity index (χ4n) is 0.699. The molecule has 2 nitrogen and oxygen atoms in total. The number of amides is 1. The van der Waals surface area contributed by atoms with Crippen molar-refractivity contribution >= 4 is 5.91 Å². The zero-order valence-corrected chi connectivity index (χ0v) is 4.92. The van der Waals surface area contributed by atoms with Crippen LogP contribution in [0, 0.1) is 0 Å². The molecule has 1 amide bonds. The normalized spacial score (nSPS) is 19.6. The van der Waals surface area contributed by atoms with Gasteiger partial charge in [-0.15, -0.1) is 0 Å². The Hall–Kier alpha value is -0.790. The molecule has 1 rings (SSSR count). The zero-order chi connectivity index (χ0) is 5.98. The lowest BCUT2D eigenvalue weighted by Crippen LogP contribution is -2.22. The van der Waals surface area contributed by atoms with Crippen LogP contribution in [0.1, 0.15) is 12.8 Å². The topological polar surface area (TPSA) is 20.3 Å². The fourth-order valence-corrected chi connectivity index (χ4v) is 0.699. The molecule has 0 fully saturated rings. The van der Waals surface area contributed by atoms with Crippen molar-refractivity contribution in [3.05, 3.63) is 12.3 Å². The Labute approximate surface area is 48.8 Å². The van der Waals surface area contributed by atoms with E-state index < -0.39 is 0 Å². The van der Waals surface area contributed by atoms with Crippen LogP contribution in [0.5, 0.6) is 0 Å². The second-order valence-electron chi connectivity index (χ2n) is 1.93. The minimum Gasteiger partial charge on any atom is -0.322 e. The van der Waals surface area contributed by atoms with E-state index in [0.29, 0.717) is 6.42 Å². The lowest BCUT2D eigenvalue weighted by Gasteiger charge is -2.14. The maximum Gasteiger partial charge on any atom is 0.226 e. The van der Waals surface area contributed by atoms with Gasteiger partial charge in [-0.05, 0) is 6.42 Å². The minimum atomic E-state index is 0.215. The third kappa shape index (κ3) is 0.886. The minimum absolute atomic E-state index is 0.215. The number of carbonyl (C=O) groups is 1. The first-order chi connectivity index (χ1) is 3.80. The van der Waals surface area contributed by atoms with Crippen LogP contribution in [0.4, 0.5) is 0 Å². The summed E-state index contributed by atoms with van der Waals surface area (Å²) < 4.78 is 0. The highest BCUT2D eigenvalue weighted by Gasteiger charge is 2.06. The standard InChI is InChI=1S/C6H9NO/c1-7-5-3-2-4-6(7)8/h3,5H,2,4H2,1H3. The van der Waals surface area contributed by atoms with Gasteiger partial charge in [0.05, 0.1) is 0 Å². The lowest BCUT2D eigenvalue weighted by atomic mass is 10.2. The molecule has 0 aliphatic carbocycles. The zero-order valence-electron chi connectivity index (χ0n) is 4.92. The molecule has 0 unspecified atom stereocenters. The van der Waals surface area contributed by atoms with Gasteiger partial charge in [0, 0.05) is 19.7 Å². The van der Waals surface area contributed by atoms with E-state index >= 15 is 0 Å². The monoisotopic (exact) mass is 111 g/mol. The average Bonchev–Trinajstić information content (AvgIpc) is 1.77. The first kappa shape index (κ1) is 5.35. The molecule has 1 heterocycles. The van der Waals surface area contributed by atoms with E-state index in [1.807, 2.05) is 12.3 Å². The van der Waals surface area contributed by atoms with Gasteiger partial charge in [-0.25, -0.2) is 0 Å². The van der Waals surface area contributed by atoms with Crippen LogP contribution >= 0.6 is 0 Å². The number of hydrogen-bond acceptors (Lipinski definition) is 1. The molecule has 0 aromatic heterocycles. The molecule has 0 aromatic rings. The van der Waals surface area contributed by atoms with Gasteiger partial charge in [-0.1, -0.05) is 6.08 Å². The van der Waals surface area contributed by atoms with Crippen molar-refractivity contribution in [2.45, 2.75) is 12.8 Å². The molecule has 1 aliphatic rings. The Morgan fingerprint density at radius 2 is 2.50 bits per heavy atom. The molecule has 0 saturated heterocycles. The van der Waals surface area contributed by atoms with Gasteiger partial charge < -0.3 is 4.90 Å². The average molecular weight is 111 g/mol. The Morgan fingerprint density at radius 1 is 1.75 bits per heavy atom. The van der Waals surface area contributed by atoms with Crippen molar-refractivity contribution in [1.82, 2.24) is 4.90 Å². The smallest absolute Gasteiger partial charge is 0.226 e. The molecular weight excluding hydrogens is 102 g/mol. The van der Waals surface area contributed by atoms with Crippen LogP contribution in [0.15, 0.2) is 12.3 Å². The molecule has 8 heavy (non-hydrogen) atoms. The predicted molar refractivity (Wildman–Crippen MR) is 31.1 cm³/mol. The summed E-state index contributed by atoms with van der Waals surface area (Å²) in [5, 5.41) is 0. The Balaban J connectivity index is 2.60. The third-order valence-electron chi connectivity index (χ3n) is 1.25. The second-order valence-corrected chi connectivity index (χ2v) is 1.93. The fraction of sp³-hybridized carbons (Fsp3) is 0.500. The quantitative estimate of drug-likeness (QED) is 0.451. The second kappa shape index (κ2) is 1.99. The number of rotatable bonds is 0.